The van der Waals surface area contributed by atoms with E-state index in [4.69, 9.17) is 18.9 Å². The molecule has 0 N–H and O–H groups in total. The molecule has 2 aliphatic rings. The molecule has 10 heteroatoms. The third kappa shape index (κ3) is 8.89. The van der Waals surface area contributed by atoms with Crippen LogP contribution in [0.4, 0.5) is 0 Å². The van der Waals surface area contributed by atoms with Crippen molar-refractivity contribution in [1.82, 2.24) is 0 Å². The Labute approximate surface area is 188 Å². The van der Waals surface area contributed by atoms with Crippen LogP contribution in [-0.4, -0.2) is 48.8 Å². The van der Waals surface area contributed by atoms with Crippen LogP contribution >= 0.6 is 0 Å². The van der Waals surface area contributed by atoms with Gasteiger partial charge in [-0.3, -0.25) is 9.59 Å². The molecule has 0 spiro atoms. The molecule has 2 heterocycles. The molecule has 0 radical (unpaired) electrons. The van der Waals surface area contributed by atoms with Crippen molar-refractivity contribution >= 4 is 11.9 Å². The van der Waals surface area contributed by atoms with E-state index in [1.54, 1.807) is 0 Å². The van der Waals surface area contributed by atoms with Gasteiger partial charge in [-0.25, -0.2) is 0 Å². The van der Waals surface area contributed by atoms with Gasteiger partial charge in [-0.1, -0.05) is 0 Å². The van der Waals surface area contributed by atoms with Crippen LogP contribution in [0.3, 0.4) is 0 Å². The average molecular weight is 449 g/mol. The number of nitrogens with zero attached hydrogens (tertiary/aromatic N) is 4. The van der Waals surface area contributed by atoms with Crippen LogP contribution in [0.2, 0.25) is 0 Å². The summed E-state index contributed by atoms with van der Waals surface area (Å²) in [6, 6.07) is 4.07. The van der Waals surface area contributed by atoms with Crippen molar-refractivity contribution in [3.63, 3.8) is 0 Å². The van der Waals surface area contributed by atoms with Gasteiger partial charge in [0.25, 0.3) is 0 Å². The van der Waals surface area contributed by atoms with E-state index < -0.39 is 35.6 Å². The largest absolute Gasteiger partial charge is 0.436 e. The number of ether oxygens (including phenoxy) is 4. The highest BCUT2D eigenvalue weighted by atomic mass is 16.7. The quantitative estimate of drug-likeness (QED) is 0.363. The van der Waals surface area contributed by atoms with E-state index in [2.05, 4.69) is 10.2 Å². The molecule has 4 atom stereocenters. The lowest BCUT2D eigenvalue weighted by Crippen LogP contribution is -2.28. The molecule has 0 amide bonds. The van der Waals surface area contributed by atoms with Crippen LogP contribution in [0.1, 0.15) is 78.1 Å². The molecule has 2 aliphatic heterocycles. The van der Waals surface area contributed by atoms with Gasteiger partial charge in [0.1, 0.15) is 0 Å². The highest BCUT2D eigenvalue weighted by molar-refractivity contribution is 5.70. The second kappa shape index (κ2) is 12.5. The molecule has 0 aromatic heterocycles. The van der Waals surface area contributed by atoms with Gasteiger partial charge in [0.2, 0.25) is 12.6 Å². The van der Waals surface area contributed by atoms with E-state index in [0.717, 1.165) is 25.7 Å². The fourth-order valence-electron chi connectivity index (χ4n) is 3.19. The van der Waals surface area contributed by atoms with E-state index >= 15 is 0 Å². The maximum Gasteiger partial charge on any atom is 0.308 e. The number of hydrogen-bond donors (Lipinski definition) is 0. The predicted octanol–water partition coefficient (Wildman–Crippen LogP) is 3.70. The Hall–Kier alpha value is -2.56. The monoisotopic (exact) mass is 448 g/mol. The summed E-state index contributed by atoms with van der Waals surface area (Å²) < 4.78 is 21.3. The number of azo groups is 1. The smallest absolute Gasteiger partial charge is 0.308 e. The Bertz CT molecular complexity index is 687. The molecule has 4 unspecified atom stereocenters. The summed E-state index contributed by atoms with van der Waals surface area (Å²) in [6.07, 6.45) is 4.15. The van der Waals surface area contributed by atoms with Gasteiger partial charge in [0, 0.05) is 25.7 Å². The van der Waals surface area contributed by atoms with Crippen molar-refractivity contribution < 1.29 is 28.5 Å². The summed E-state index contributed by atoms with van der Waals surface area (Å²) in [5, 5.41) is 27.2. The van der Waals surface area contributed by atoms with Gasteiger partial charge in [0.15, 0.2) is 11.1 Å². The summed E-state index contributed by atoms with van der Waals surface area (Å²) in [5.41, 5.74) is -2.61. The molecule has 2 fully saturated rings. The van der Waals surface area contributed by atoms with Crippen molar-refractivity contribution in [2.75, 3.05) is 13.2 Å². The lowest BCUT2D eigenvalue weighted by molar-refractivity contribution is -0.188. The number of carbonyl (C=O) groups excluding carboxylic acids is 2. The number of rotatable bonds is 10. The van der Waals surface area contributed by atoms with Gasteiger partial charge < -0.3 is 18.9 Å². The minimum absolute atomic E-state index is 0.0279. The lowest BCUT2D eigenvalue weighted by atomic mass is 9.97. The Balaban J connectivity index is 1.83. The Morgan fingerprint density at radius 1 is 0.844 bits per heavy atom. The van der Waals surface area contributed by atoms with Gasteiger partial charge in [0.05, 0.1) is 25.4 Å². The molecule has 2 rings (SSSR count). The van der Waals surface area contributed by atoms with Gasteiger partial charge >= 0.3 is 11.9 Å². The zero-order valence-corrected chi connectivity index (χ0v) is 18.9. The molecule has 10 nitrogen and oxygen atoms in total. The average Bonchev–Trinajstić information content (AvgIpc) is 2.81. The third-order valence-corrected chi connectivity index (χ3v) is 5.41. The molecule has 0 bridgehead atoms. The zero-order valence-electron chi connectivity index (χ0n) is 18.9. The third-order valence-electron chi connectivity index (χ3n) is 5.41. The first-order valence-electron chi connectivity index (χ1n) is 11.2. The summed E-state index contributed by atoms with van der Waals surface area (Å²) in [7, 11) is 0. The first kappa shape index (κ1) is 25.7. The Morgan fingerprint density at radius 2 is 1.25 bits per heavy atom. The summed E-state index contributed by atoms with van der Waals surface area (Å²) >= 11 is 0. The topological polar surface area (TPSA) is 143 Å². The molecular weight excluding hydrogens is 416 g/mol. The van der Waals surface area contributed by atoms with Crippen molar-refractivity contribution in [1.29, 1.82) is 10.5 Å². The lowest BCUT2D eigenvalue weighted by Gasteiger charge is -2.23. The number of carbonyl (C=O) groups is 2. The Kier molecular flexibility index (Phi) is 10.0. The van der Waals surface area contributed by atoms with Crippen LogP contribution < -0.4 is 0 Å². The van der Waals surface area contributed by atoms with Crippen molar-refractivity contribution in [2.24, 2.45) is 10.2 Å². The van der Waals surface area contributed by atoms with Crippen molar-refractivity contribution in [2.45, 2.75) is 102 Å². The maximum atomic E-state index is 12.1. The highest BCUT2D eigenvalue weighted by Crippen LogP contribution is 2.25. The molecule has 176 valence electrons. The van der Waals surface area contributed by atoms with Crippen molar-refractivity contribution in [3.05, 3.63) is 0 Å². The molecule has 32 heavy (non-hydrogen) atoms. The highest BCUT2D eigenvalue weighted by Gasteiger charge is 2.31. The normalized spacial score (nSPS) is 25.0. The van der Waals surface area contributed by atoms with E-state index in [-0.39, 0.29) is 25.7 Å². The first-order valence-corrected chi connectivity index (χ1v) is 11.2. The summed E-state index contributed by atoms with van der Waals surface area (Å²) in [5.74, 6) is -0.936. The van der Waals surface area contributed by atoms with Gasteiger partial charge in [-0.05, 0) is 52.4 Å². The number of hydrogen-bond acceptors (Lipinski definition) is 10. The van der Waals surface area contributed by atoms with E-state index in [9.17, 15) is 20.1 Å². The molecule has 0 aromatic rings. The van der Waals surface area contributed by atoms with Crippen LogP contribution in [0, 0.1) is 22.7 Å². The standard InChI is InChI=1S/C22H32N4O6/c1-21(15-23,11-9-17(27)31-19-7-3-5-13-29-19)25-26-22(2,16-24)12-10-18(28)32-20-8-4-6-14-30-20/h19-20H,3-14H2,1-2H3. The summed E-state index contributed by atoms with van der Waals surface area (Å²) in [4.78, 5) is 24.1. The summed E-state index contributed by atoms with van der Waals surface area (Å²) in [6.45, 7) is 4.20. The van der Waals surface area contributed by atoms with E-state index in [0.29, 0.717) is 26.1 Å². The predicted molar refractivity (Wildman–Crippen MR) is 111 cm³/mol. The van der Waals surface area contributed by atoms with Gasteiger partial charge in [-0.15, -0.1) is 0 Å². The fraction of sp³-hybridized carbons (Fsp3) is 0.818. The first-order chi connectivity index (χ1) is 15.3. The molecular formula is C22H32N4O6. The minimum Gasteiger partial charge on any atom is -0.436 e. The fourth-order valence-corrected chi connectivity index (χ4v) is 3.19. The molecule has 0 saturated carbocycles. The molecule has 0 aromatic carbocycles. The molecule has 0 aliphatic carbocycles. The second-order valence-electron chi connectivity index (χ2n) is 8.54. The van der Waals surface area contributed by atoms with Crippen LogP contribution in [0.25, 0.3) is 0 Å². The zero-order chi connectivity index (χ0) is 23.5. The Morgan fingerprint density at radius 3 is 1.56 bits per heavy atom. The number of nitriles is 2. The van der Waals surface area contributed by atoms with Crippen LogP contribution in [-0.2, 0) is 28.5 Å². The van der Waals surface area contributed by atoms with Gasteiger partial charge in [-0.2, -0.15) is 20.8 Å². The maximum absolute atomic E-state index is 12.1. The van der Waals surface area contributed by atoms with Crippen LogP contribution in [0.15, 0.2) is 10.2 Å². The molecule has 2 saturated heterocycles. The minimum atomic E-state index is -1.30. The van der Waals surface area contributed by atoms with E-state index in [1.165, 1.54) is 13.8 Å². The van der Waals surface area contributed by atoms with E-state index in [1.807, 2.05) is 12.1 Å². The SMILES string of the molecule is CC(C#N)(CCC(=O)OC1CCCCO1)N=NC(C)(C#N)CCC(=O)OC1CCCCO1. The second-order valence-corrected chi connectivity index (χ2v) is 8.54. The van der Waals surface area contributed by atoms with Crippen molar-refractivity contribution in [3.8, 4) is 12.1 Å². The number of esters is 2. The van der Waals surface area contributed by atoms with Crippen LogP contribution in [0.5, 0.6) is 0 Å².